The first-order valence-electron chi connectivity index (χ1n) is 6.15. The summed E-state index contributed by atoms with van der Waals surface area (Å²) in [6.45, 7) is 4.41. The maximum atomic E-state index is 13.5. The van der Waals surface area contributed by atoms with E-state index in [1.165, 1.54) is 6.07 Å². The number of rotatable bonds is 2. The van der Waals surface area contributed by atoms with Gasteiger partial charge in [0.1, 0.15) is 6.10 Å². The molecule has 1 aliphatic carbocycles. The Hall–Kier alpha value is -1.09. The van der Waals surface area contributed by atoms with Gasteiger partial charge in [0.15, 0.2) is 11.6 Å². The molecule has 0 bridgehead atoms. The quantitative estimate of drug-likeness (QED) is 0.857. The van der Waals surface area contributed by atoms with Gasteiger partial charge in [-0.25, -0.2) is 4.39 Å². The van der Waals surface area contributed by atoms with Crippen LogP contribution in [0.25, 0.3) is 0 Å². The van der Waals surface area contributed by atoms with Crippen molar-refractivity contribution in [1.29, 1.82) is 0 Å². The first kappa shape index (κ1) is 12.4. The highest BCUT2D eigenvalue weighted by molar-refractivity contribution is 5.24. The fraction of sp³-hybridized carbons (Fsp3) is 0.571. The summed E-state index contributed by atoms with van der Waals surface area (Å²) < 4.78 is 19.2. The van der Waals surface area contributed by atoms with Crippen molar-refractivity contribution in [2.45, 2.75) is 45.3 Å². The third-order valence-corrected chi connectivity index (χ3v) is 3.50. The van der Waals surface area contributed by atoms with Crippen molar-refractivity contribution in [3.8, 4) is 5.75 Å². The predicted octanol–water partition coefficient (Wildman–Crippen LogP) is 3.11. The monoisotopic (exact) mass is 237 g/mol. The first-order chi connectivity index (χ1) is 7.98. The molecule has 0 amide bonds. The third-order valence-electron chi connectivity index (χ3n) is 3.50. The lowest BCUT2D eigenvalue weighted by Crippen LogP contribution is -2.46. The van der Waals surface area contributed by atoms with Crippen LogP contribution in [-0.2, 0) is 0 Å². The molecule has 2 N–H and O–H groups in total. The van der Waals surface area contributed by atoms with Gasteiger partial charge >= 0.3 is 0 Å². The maximum Gasteiger partial charge on any atom is 0.165 e. The molecular weight excluding hydrogens is 217 g/mol. The Morgan fingerprint density at radius 1 is 1.35 bits per heavy atom. The molecule has 0 radical (unpaired) electrons. The summed E-state index contributed by atoms with van der Waals surface area (Å²) in [6, 6.07) is 6.51. The lowest BCUT2D eigenvalue weighted by Gasteiger charge is -2.39. The molecule has 2 rings (SSSR count). The van der Waals surface area contributed by atoms with Crippen LogP contribution in [0.4, 0.5) is 4.39 Å². The minimum atomic E-state index is -0.317. The average Bonchev–Trinajstić information content (AvgIpc) is 2.26. The van der Waals surface area contributed by atoms with E-state index in [0.29, 0.717) is 5.75 Å². The highest BCUT2D eigenvalue weighted by Gasteiger charge is 2.34. The molecule has 1 fully saturated rings. The zero-order valence-corrected chi connectivity index (χ0v) is 10.4. The summed E-state index contributed by atoms with van der Waals surface area (Å²) in [7, 11) is 0. The van der Waals surface area contributed by atoms with E-state index in [1.807, 2.05) is 0 Å². The SMILES string of the molecule is CC1(C)CCC(N)C(Oc2ccccc2F)C1. The van der Waals surface area contributed by atoms with Gasteiger partial charge in [0.05, 0.1) is 0 Å². The van der Waals surface area contributed by atoms with Crippen LogP contribution in [0.5, 0.6) is 5.75 Å². The largest absolute Gasteiger partial charge is 0.486 e. The van der Waals surface area contributed by atoms with Crippen LogP contribution in [0.15, 0.2) is 24.3 Å². The minimum Gasteiger partial charge on any atom is -0.486 e. The van der Waals surface area contributed by atoms with Gasteiger partial charge in [0.25, 0.3) is 0 Å². The van der Waals surface area contributed by atoms with Crippen molar-refractivity contribution in [2.24, 2.45) is 11.1 Å². The number of benzene rings is 1. The lowest BCUT2D eigenvalue weighted by atomic mass is 9.74. The Morgan fingerprint density at radius 2 is 2.06 bits per heavy atom. The number of para-hydroxylation sites is 1. The maximum absolute atomic E-state index is 13.5. The summed E-state index contributed by atoms with van der Waals surface area (Å²) in [5.74, 6) is -0.00581. The molecule has 0 aromatic heterocycles. The second kappa shape index (κ2) is 4.65. The molecule has 1 aliphatic rings. The van der Waals surface area contributed by atoms with E-state index in [2.05, 4.69) is 13.8 Å². The first-order valence-corrected chi connectivity index (χ1v) is 6.15. The zero-order chi connectivity index (χ0) is 12.5. The molecule has 0 saturated heterocycles. The van der Waals surface area contributed by atoms with Crippen molar-refractivity contribution >= 4 is 0 Å². The van der Waals surface area contributed by atoms with Crippen molar-refractivity contribution in [1.82, 2.24) is 0 Å². The molecule has 2 nitrogen and oxygen atoms in total. The molecule has 1 aromatic carbocycles. The normalized spacial score (nSPS) is 27.8. The molecule has 2 unspecified atom stereocenters. The van der Waals surface area contributed by atoms with Gasteiger partial charge in [-0.1, -0.05) is 26.0 Å². The van der Waals surface area contributed by atoms with Gasteiger partial charge in [-0.15, -0.1) is 0 Å². The summed E-state index contributed by atoms with van der Waals surface area (Å²) in [5.41, 5.74) is 6.28. The summed E-state index contributed by atoms with van der Waals surface area (Å²) in [4.78, 5) is 0. The molecule has 0 spiro atoms. The van der Waals surface area contributed by atoms with E-state index in [4.69, 9.17) is 10.5 Å². The van der Waals surface area contributed by atoms with E-state index < -0.39 is 0 Å². The van der Waals surface area contributed by atoms with E-state index in [0.717, 1.165) is 19.3 Å². The van der Waals surface area contributed by atoms with Gasteiger partial charge in [-0.2, -0.15) is 0 Å². The van der Waals surface area contributed by atoms with Crippen molar-refractivity contribution < 1.29 is 9.13 Å². The Balaban J connectivity index is 2.10. The van der Waals surface area contributed by atoms with Crippen LogP contribution < -0.4 is 10.5 Å². The van der Waals surface area contributed by atoms with E-state index >= 15 is 0 Å². The second-order valence-electron chi connectivity index (χ2n) is 5.66. The molecule has 2 atom stereocenters. The predicted molar refractivity (Wildman–Crippen MR) is 66.4 cm³/mol. The highest BCUT2D eigenvalue weighted by Crippen LogP contribution is 2.36. The Labute approximate surface area is 102 Å². The highest BCUT2D eigenvalue weighted by atomic mass is 19.1. The van der Waals surface area contributed by atoms with Crippen LogP contribution in [0.2, 0.25) is 0 Å². The standard InChI is InChI=1S/C14H20FNO/c1-14(2)8-7-11(16)13(9-14)17-12-6-4-3-5-10(12)15/h3-6,11,13H,7-9,16H2,1-2H3. The van der Waals surface area contributed by atoms with Gasteiger partial charge in [-0.3, -0.25) is 0 Å². The summed E-state index contributed by atoms with van der Waals surface area (Å²) >= 11 is 0. The molecule has 17 heavy (non-hydrogen) atoms. The van der Waals surface area contributed by atoms with Gasteiger partial charge in [0, 0.05) is 6.04 Å². The Bertz CT molecular complexity index is 392. The minimum absolute atomic E-state index is 0.00244. The van der Waals surface area contributed by atoms with Crippen LogP contribution in [0.1, 0.15) is 33.1 Å². The van der Waals surface area contributed by atoms with Crippen LogP contribution in [0, 0.1) is 11.2 Å². The van der Waals surface area contributed by atoms with Crippen molar-refractivity contribution in [3.05, 3.63) is 30.1 Å². The number of hydrogen-bond donors (Lipinski definition) is 1. The number of hydrogen-bond acceptors (Lipinski definition) is 2. The Kier molecular flexibility index (Phi) is 3.38. The number of nitrogens with two attached hydrogens (primary N) is 1. The average molecular weight is 237 g/mol. The smallest absolute Gasteiger partial charge is 0.165 e. The third kappa shape index (κ3) is 2.97. The molecular formula is C14H20FNO. The van der Waals surface area contributed by atoms with Crippen molar-refractivity contribution in [2.75, 3.05) is 0 Å². The van der Waals surface area contributed by atoms with Crippen LogP contribution in [-0.4, -0.2) is 12.1 Å². The summed E-state index contributed by atoms with van der Waals surface area (Å²) in [6.07, 6.45) is 2.83. The topological polar surface area (TPSA) is 35.2 Å². The number of ether oxygens (including phenoxy) is 1. The van der Waals surface area contributed by atoms with E-state index in [-0.39, 0.29) is 23.4 Å². The Morgan fingerprint density at radius 3 is 2.76 bits per heavy atom. The van der Waals surface area contributed by atoms with Gasteiger partial charge in [0.2, 0.25) is 0 Å². The lowest BCUT2D eigenvalue weighted by molar-refractivity contribution is 0.0639. The second-order valence-corrected chi connectivity index (χ2v) is 5.66. The fourth-order valence-electron chi connectivity index (χ4n) is 2.37. The van der Waals surface area contributed by atoms with Gasteiger partial charge in [-0.05, 0) is 36.8 Å². The summed E-state index contributed by atoms with van der Waals surface area (Å²) in [5, 5.41) is 0. The molecule has 1 aromatic rings. The van der Waals surface area contributed by atoms with E-state index in [1.54, 1.807) is 18.2 Å². The zero-order valence-electron chi connectivity index (χ0n) is 10.4. The molecule has 94 valence electrons. The molecule has 0 heterocycles. The number of halogens is 1. The van der Waals surface area contributed by atoms with Gasteiger partial charge < -0.3 is 10.5 Å². The van der Waals surface area contributed by atoms with Crippen LogP contribution >= 0.6 is 0 Å². The molecule has 3 heteroatoms. The van der Waals surface area contributed by atoms with Crippen LogP contribution in [0.3, 0.4) is 0 Å². The fourth-order valence-corrected chi connectivity index (χ4v) is 2.37. The molecule has 1 saturated carbocycles. The molecule has 0 aliphatic heterocycles. The van der Waals surface area contributed by atoms with Crippen molar-refractivity contribution in [3.63, 3.8) is 0 Å². The van der Waals surface area contributed by atoms with E-state index in [9.17, 15) is 4.39 Å².